The zero-order valence-corrected chi connectivity index (χ0v) is 11.4. The molecule has 0 unspecified atom stereocenters. The van der Waals surface area contributed by atoms with Crippen LogP contribution < -0.4 is 0 Å². The summed E-state index contributed by atoms with van der Waals surface area (Å²) in [5.41, 5.74) is 1.67. The summed E-state index contributed by atoms with van der Waals surface area (Å²) in [6.45, 7) is 1.09. The normalized spacial score (nSPS) is 16.1. The third-order valence-electron chi connectivity index (χ3n) is 3.90. The fourth-order valence-electron chi connectivity index (χ4n) is 2.66. The van der Waals surface area contributed by atoms with Crippen molar-refractivity contribution in [3.05, 3.63) is 42.6 Å². The number of hydrogen-bond donors (Lipinski definition) is 1. The first-order chi connectivity index (χ1) is 10.1. The maximum absolute atomic E-state index is 12.9. The molecule has 1 saturated heterocycles. The van der Waals surface area contributed by atoms with E-state index < -0.39 is 6.09 Å². The van der Waals surface area contributed by atoms with Crippen molar-refractivity contribution in [2.24, 2.45) is 0 Å². The average molecular weight is 289 g/mol. The van der Waals surface area contributed by atoms with Crippen LogP contribution in [-0.4, -0.2) is 38.7 Å². The number of aromatic nitrogens is 2. The van der Waals surface area contributed by atoms with Crippen molar-refractivity contribution in [1.29, 1.82) is 0 Å². The number of benzene rings is 1. The minimum atomic E-state index is -0.855. The highest BCUT2D eigenvalue weighted by Crippen LogP contribution is 2.25. The number of carboxylic acid groups (broad SMARTS) is 1. The van der Waals surface area contributed by atoms with Crippen molar-refractivity contribution in [2.75, 3.05) is 13.1 Å². The number of rotatable bonds is 2. The molecular weight excluding hydrogens is 273 g/mol. The lowest BCUT2D eigenvalue weighted by molar-refractivity contribution is 0.125. The van der Waals surface area contributed by atoms with Crippen LogP contribution in [0.1, 0.15) is 18.9 Å². The quantitative estimate of drug-likeness (QED) is 0.924. The number of nitrogens with zero attached hydrogens (tertiary/aromatic N) is 3. The van der Waals surface area contributed by atoms with Gasteiger partial charge in [0, 0.05) is 30.9 Å². The average Bonchev–Trinajstić information content (AvgIpc) is 2.98. The molecule has 0 bridgehead atoms. The highest BCUT2D eigenvalue weighted by Gasteiger charge is 2.23. The Kier molecular flexibility index (Phi) is 3.60. The molecule has 1 aliphatic rings. The maximum atomic E-state index is 12.9. The van der Waals surface area contributed by atoms with Crippen molar-refractivity contribution in [3.63, 3.8) is 0 Å². The standard InChI is InChI=1S/C15H16FN3O2/c16-12-3-1-11(2-4-12)14-9-19(10-17-14)13-5-7-18(8-6-13)15(20)21/h1-4,9-10,13H,5-8H2,(H,20,21). The molecule has 0 spiro atoms. The monoisotopic (exact) mass is 289 g/mol. The first-order valence-electron chi connectivity index (χ1n) is 6.91. The molecule has 5 nitrogen and oxygen atoms in total. The van der Waals surface area contributed by atoms with Gasteiger partial charge in [0.25, 0.3) is 0 Å². The van der Waals surface area contributed by atoms with E-state index in [9.17, 15) is 9.18 Å². The molecule has 0 saturated carbocycles. The Hall–Kier alpha value is -2.37. The molecule has 0 radical (unpaired) electrons. The second kappa shape index (κ2) is 5.55. The molecule has 1 aromatic heterocycles. The van der Waals surface area contributed by atoms with Gasteiger partial charge in [0.05, 0.1) is 12.0 Å². The number of carbonyl (C=O) groups is 1. The summed E-state index contributed by atoms with van der Waals surface area (Å²) in [6, 6.07) is 6.51. The lowest BCUT2D eigenvalue weighted by Crippen LogP contribution is -2.37. The molecular formula is C15H16FN3O2. The van der Waals surface area contributed by atoms with Crippen molar-refractivity contribution < 1.29 is 14.3 Å². The Balaban J connectivity index is 1.71. The number of imidazole rings is 1. The van der Waals surface area contributed by atoms with E-state index in [1.54, 1.807) is 18.5 Å². The van der Waals surface area contributed by atoms with Gasteiger partial charge in [0.2, 0.25) is 0 Å². The molecule has 21 heavy (non-hydrogen) atoms. The van der Waals surface area contributed by atoms with Crippen LogP contribution in [0.5, 0.6) is 0 Å². The molecule has 2 aromatic rings. The van der Waals surface area contributed by atoms with E-state index in [1.165, 1.54) is 17.0 Å². The Bertz CT molecular complexity index is 631. The van der Waals surface area contributed by atoms with Crippen LogP contribution in [0.4, 0.5) is 9.18 Å². The van der Waals surface area contributed by atoms with Crippen LogP contribution in [0.25, 0.3) is 11.3 Å². The van der Waals surface area contributed by atoms with Gasteiger partial charge in [-0.1, -0.05) is 0 Å². The summed E-state index contributed by atoms with van der Waals surface area (Å²) in [5, 5.41) is 8.95. The van der Waals surface area contributed by atoms with Gasteiger partial charge in [-0.2, -0.15) is 0 Å². The molecule has 3 rings (SSSR count). The summed E-state index contributed by atoms with van der Waals surface area (Å²) in [7, 11) is 0. The molecule has 0 atom stereocenters. The van der Waals surface area contributed by atoms with Crippen molar-refractivity contribution >= 4 is 6.09 Å². The van der Waals surface area contributed by atoms with Gasteiger partial charge in [-0.05, 0) is 37.1 Å². The van der Waals surface area contributed by atoms with Crippen molar-refractivity contribution in [3.8, 4) is 11.3 Å². The van der Waals surface area contributed by atoms with Gasteiger partial charge in [0.15, 0.2) is 0 Å². The molecule has 1 aliphatic heterocycles. The van der Waals surface area contributed by atoms with Gasteiger partial charge in [-0.15, -0.1) is 0 Å². The van der Waals surface area contributed by atoms with E-state index in [0.29, 0.717) is 13.1 Å². The summed E-state index contributed by atoms with van der Waals surface area (Å²) < 4.78 is 14.9. The van der Waals surface area contributed by atoms with E-state index >= 15 is 0 Å². The number of amides is 1. The summed E-state index contributed by atoms with van der Waals surface area (Å²) in [5.74, 6) is -0.265. The number of piperidine rings is 1. The van der Waals surface area contributed by atoms with Crippen LogP contribution in [0, 0.1) is 5.82 Å². The molecule has 1 amide bonds. The summed E-state index contributed by atoms with van der Waals surface area (Å²) in [6.07, 6.45) is 4.41. The molecule has 1 N–H and O–H groups in total. The van der Waals surface area contributed by atoms with E-state index in [1.807, 2.05) is 10.8 Å². The minimum Gasteiger partial charge on any atom is -0.465 e. The Morgan fingerprint density at radius 3 is 2.52 bits per heavy atom. The predicted octanol–water partition coefficient (Wildman–Crippen LogP) is 3.00. The predicted molar refractivity (Wildman–Crippen MR) is 75.5 cm³/mol. The second-order valence-corrected chi connectivity index (χ2v) is 5.21. The molecule has 2 heterocycles. The summed E-state index contributed by atoms with van der Waals surface area (Å²) >= 11 is 0. The molecule has 0 aliphatic carbocycles. The Morgan fingerprint density at radius 2 is 1.90 bits per heavy atom. The van der Waals surface area contributed by atoms with E-state index in [0.717, 1.165) is 24.1 Å². The van der Waals surface area contributed by atoms with E-state index in [4.69, 9.17) is 5.11 Å². The minimum absolute atomic E-state index is 0.265. The molecule has 1 aromatic carbocycles. The first kappa shape index (κ1) is 13.6. The zero-order valence-electron chi connectivity index (χ0n) is 11.4. The SMILES string of the molecule is O=C(O)N1CCC(n2cnc(-c3ccc(F)cc3)c2)CC1. The van der Waals surface area contributed by atoms with Crippen molar-refractivity contribution in [1.82, 2.24) is 14.5 Å². The smallest absolute Gasteiger partial charge is 0.407 e. The van der Waals surface area contributed by atoms with E-state index in [-0.39, 0.29) is 11.9 Å². The number of halogens is 1. The third kappa shape index (κ3) is 2.89. The summed E-state index contributed by atoms with van der Waals surface area (Å²) in [4.78, 5) is 16.7. The van der Waals surface area contributed by atoms with E-state index in [2.05, 4.69) is 4.98 Å². The van der Waals surface area contributed by atoms with Gasteiger partial charge in [-0.3, -0.25) is 0 Å². The number of hydrogen-bond acceptors (Lipinski definition) is 2. The zero-order chi connectivity index (χ0) is 14.8. The van der Waals surface area contributed by atoms with Gasteiger partial charge in [-0.25, -0.2) is 14.2 Å². The van der Waals surface area contributed by atoms with Crippen LogP contribution in [-0.2, 0) is 0 Å². The second-order valence-electron chi connectivity index (χ2n) is 5.21. The third-order valence-corrected chi connectivity index (χ3v) is 3.90. The van der Waals surface area contributed by atoms with Crippen LogP contribution >= 0.6 is 0 Å². The maximum Gasteiger partial charge on any atom is 0.407 e. The Morgan fingerprint density at radius 1 is 1.24 bits per heavy atom. The molecule has 110 valence electrons. The largest absolute Gasteiger partial charge is 0.465 e. The topological polar surface area (TPSA) is 58.4 Å². The van der Waals surface area contributed by atoms with Gasteiger partial charge >= 0.3 is 6.09 Å². The van der Waals surface area contributed by atoms with Gasteiger partial charge < -0.3 is 14.6 Å². The fraction of sp³-hybridized carbons (Fsp3) is 0.333. The fourth-order valence-corrected chi connectivity index (χ4v) is 2.66. The van der Waals surface area contributed by atoms with Crippen LogP contribution in [0.15, 0.2) is 36.8 Å². The van der Waals surface area contributed by atoms with Crippen LogP contribution in [0.3, 0.4) is 0 Å². The van der Waals surface area contributed by atoms with Crippen LogP contribution in [0.2, 0.25) is 0 Å². The highest BCUT2D eigenvalue weighted by atomic mass is 19.1. The lowest BCUT2D eigenvalue weighted by Gasteiger charge is -2.30. The van der Waals surface area contributed by atoms with Crippen molar-refractivity contribution in [2.45, 2.75) is 18.9 Å². The first-order valence-corrected chi connectivity index (χ1v) is 6.91. The molecule has 1 fully saturated rings. The van der Waals surface area contributed by atoms with Gasteiger partial charge in [0.1, 0.15) is 5.82 Å². The lowest BCUT2D eigenvalue weighted by atomic mass is 10.1. The Labute approximate surface area is 121 Å². The molecule has 6 heteroatoms. The number of likely N-dealkylation sites (tertiary alicyclic amines) is 1. The highest BCUT2D eigenvalue weighted by molar-refractivity contribution is 5.65.